The first-order chi connectivity index (χ1) is 12.2. The number of carbonyl (C=O) groups excluding carboxylic acids is 2. The number of carbonyl (C=O) groups is 2. The second-order valence-electron chi connectivity index (χ2n) is 6.90. The van der Waals surface area contributed by atoms with Gasteiger partial charge in [0.15, 0.2) is 0 Å². The lowest BCUT2D eigenvalue weighted by molar-refractivity contribution is -0.134. The number of hydrogen-bond acceptors (Lipinski definition) is 4. The van der Waals surface area contributed by atoms with Crippen molar-refractivity contribution in [2.45, 2.75) is 44.8 Å². The van der Waals surface area contributed by atoms with Gasteiger partial charge in [0.2, 0.25) is 11.8 Å². The second-order valence-corrected chi connectivity index (χ2v) is 6.90. The van der Waals surface area contributed by atoms with Crippen molar-refractivity contribution in [1.82, 2.24) is 20.0 Å². The number of furan rings is 1. The molecule has 0 spiro atoms. The number of aromatic nitrogens is 2. The quantitative estimate of drug-likeness (QED) is 0.869. The summed E-state index contributed by atoms with van der Waals surface area (Å²) in [6, 6.07) is 5.41. The van der Waals surface area contributed by atoms with Gasteiger partial charge in [-0.3, -0.25) is 14.3 Å². The van der Waals surface area contributed by atoms with Gasteiger partial charge >= 0.3 is 0 Å². The molecule has 7 nitrogen and oxygen atoms in total. The predicted octanol–water partition coefficient (Wildman–Crippen LogP) is 1.87. The smallest absolute Gasteiger partial charge is 0.223 e. The molecular formula is C18H22N4O3. The Balaban J connectivity index is 1.38. The summed E-state index contributed by atoms with van der Waals surface area (Å²) in [7, 11) is 0. The third kappa shape index (κ3) is 3.75. The molecule has 0 radical (unpaired) electrons. The van der Waals surface area contributed by atoms with Crippen molar-refractivity contribution < 1.29 is 14.0 Å². The van der Waals surface area contributed by atoms with Crippen LogP contribution in [-0.2, 0) is 22.7 Å². The zero-order chi connectivity index (χ0) is 17.2. The molecule has 0 unspecified atom stereocenters. The van der Waals surface area contributed by atoms with E-state index in [4.69, 9.17) is 4.42 Å². The molecule has 1 atom stereocenters. The summed E-state index contributed by atoms with van der Waals surface area (Å²) in [6.07, 6.45) is 6.57. The van der Waals surface area contributed by atoms with Gasteiger partial charge < -0.3 is 14.6 Å². The number of rotatable bonds is 6. The van der Waals surface area contributed by atoms with Crippen LogP contribution in [0.5, 0.6) is 0 Å². The minimum absolute atomic E-state index is 0.0701. The minimum Gasteiger partial charge on any atom is -0.467 e. The lowest BCUT2D eigenvalue weighted by Crippen LogP contribution is -2.43. The van der Waals surface area contributed by atoms with Crippen LogP contribution in [0, 0.1) is 5.92 Å². The van der Waals surface area contributed by atoms with Gasteiger partial charge in [0.05, 0.1) is 37.5 Å². The van der Waals surface area contributed by atoms with Gasteiger partial charge in [-0.15, -0.1) is 0 Å². The number of hydrogen-bond donors (Lipinski definition) is 1. The van der Waals surface area contributed by atoms with E-state index in [1.54, 1.807) is 18.5 Å². The molecule has 25 heavy (non-hydrogen) atoms. The van der Waals surface area contributed by atoms with Crippen LogP contribution in [-0.4, -0.2) is 33.0 Å². The van der Waals surface area contributed by atoms with E-state index < -0.39 is 0 Å². The molecular weight excluding hydrogens is 320 g/mol. The largest absolute Gasteiger partial charge is 0.467 e. The molecule has 2 aliphatic rings. The van der Waals surface area contributed by atoms with E-state index in [2.05, 4.69) is 10.4 Å². The Labute approximate surface area is 146 Å². The van der Waals surface area contributed by atoms with Crippen LogP contribution < -0.4 is 5.32 Å². The van der Waals surface area contributed by atoms with Gasteiger partial charge in [-0.25, -0.2) is 0 Å². The van der Waals surface area contributed by atoms with Crippen molar-refractivity contribution in [3.63, 3.8) is 0 Å². The molecule has 1 fully saturated rings. The Hall–Kier alpha value is -2.57. The molecule has 0 bridgehead atoms. The van der Waals surface area contributed by atoms with E-state index in [1.165, 1.54) is 0 Å². The zero-order valence-electron chi connectivity index (χ0n) is 14.1. The number of nitrogens with one attached hydrogen (secondary N) is 1. The summed E-state index contributed by atoms with van der Waals surface area (Å²) in [5, 5.41) is 7.21. The number of nitrogens with zero attached hydrogens (tertiary/aromatic N) is 3. The number of fused-ring (bicyclic) bond motifs is 1. The summed E-state index contributed by atoms with van der Waals surface area (Å²) in [5.74, 6) is 1.41. The predicted molar refractivity (Wildman–Crippen MR) is 89.2 cm³/mol. The third-order valence-electron chi connectivity index (χ3n) is 4.86. The first-order valence-electron chi connectivity index (χ1n) is 8.78. The van der Waals surface area contributed by atoms with Gasteiger partial charge in [-0.1, -0.05) is 0 Å². The molecule has 1 aliphatic carbocycles. The standard InChI is InChI=1S/C18H22N4O3/c23-17(19-10-16-2-1-7-25-16)9-15-12-21(18(24)8-13-3-4-13)11-14-5-6-20-22(14)15/h1-2,5-7,13,15H,3-4,8-12H2,(H,19,23)/t15-/m1/s1. The molecule has 2 aromatic heterocycles. The van der Waals surface area contributed by atoms with Gasteiger partial charge in [0, 0.05) is 19.2 Å². The summed E-state index contributed by atoms with van der Waals surface area (Å²) in [5.41, 5.74) is 0.985. The summed E-state index contributed by atoms with van der Waals surface area (Å²) < 4.78 is 7.11. The van der Waals surface area contributed by atoms with Gasteiger partial charge in [0.1, 0.15) is 5.76 Å². The monoisotopic (exact) mass is 342 g/mol. The average Bonchev–Trinajstić information content (AvgIpc) is 3.09. The van der Waals surface area contributed by atoms with Crippen LogP contribution in [0.4, 0.5) is 0 Å². The average molecular weight is 342 g/mol. The van der Waals surface area contributed by atoms with Crippen molar-refractivity contribution in [2.24, 2.45) is 5.92 Å². The fourth-order valence-electron chi connectivity index (χ4n) is 3.31. The molecule has 0 aromatic carbocycles. The Morgan fingerprint density at radius 2 is 2.16 bits per heavy atom. The Morgan fingerprint density at radius 3 is 2.92 bits per heavy atom. The molecule has 4 rings (SSSR count). The molecule has 3 heterocycles. The van der Waals surface area contributed by atoms with Gasteiger partial charge in [0.25, 0.3) is 0 Å². The Bertz CT molecular complexity index is 748. The van der Waals surface area contributed by atoms with Gasteiger partial charge in [-0.2, -0.15) is 5.10 Å². The Morgan fingerprint density at radius 1 is 1.28 bits per heavy atom. The van der Waals surface area contributed by atoms with Crippen LogP contribution in [0.1, 0.15) is 43.2 Å². The summed E-state index contributed by atoms with van der Waals surface area (Å²) in [6.45, 7) is 1.49. The van der Waals surface area contributed by atoms with Crippen LogP contribution in [0.3, 0.4) is 0 Å². The maximum Gasteiger partial charge on any atom is 0.223 e. The summed E-state index contributed by atoms with van der Waals surface area (Å²) >= 11 is 0. The molecule has 1 saturated carbocycles. The topological polar surface area (TPSA) is 80.4 Å². The molecule has 2 aromatic rings. The van der Waals surface area contributed by atoms with E-state index in [9.17, 15) is 9.59 Å². The van der Waals surface area contributed by atoms with Crippen LogP contribution in [0.25, 0.3) is 0 Å². The lowest BCUT2D eigenvalue weighted by atomic mass is 10.1. The normalized spacial score (nSPS) is 19.5. The number of amides is 2. The maximum atomic E-state index is 12.5. The van der Waals surface area contributed by atoms with Crippen molar-refractivity contribution in [3.8, 4) is 0 Å². The van der Waals surface area contributed by atoms with Crippen LogP contribution in [0.2, 0.25) is 0 Å². The zero-order valence-corrected chi connectivity index (χ0v) is 14.1. The molecule has 2 amide bonds. The highest BCUT2D eigenvalue weighted by Crippen LogP contribution is 2.34. The highest BCUT2D eigenvalue weighted by atomic mass is 16.3. The van der Waals surface area contributed by atoms with Crippen LogP contribution >= 0.6 is 0 Å². The molecule has 1 aliphatic heterocycles. The molecule has 132 valence electrons. The van der Waals surface area contributed by atoms with E-state index in [1.807, 2.05) is 21.7 Å². The van der Waals surface area contributed by atoms with Crippen molar-refractivity contribution in [2.75, 3.05) is 6.54 Å². The maximum absolute atomic E-state index is 12.5. The highest BCUT2D eigenvalue weighted by Gasteiger charge is 2.32. The molecule has 0 saturated heterocycles. The van der Waals surface area contributed by atoms with E-state index in [-0.39, 0.29) is 17.9 Å². The Kier molecular flexibility index (Phi) is 4.29. The first kappa shape index (κ1) is 15.9. The lowest BCUT2D eigenvalue weighted by Gasteiger charge is -2.33. The van der Waals surface area contributed by atoms with Crippen molar-refractivity contribution in [1.29, 1.82) is 0 Å². The SMILES string of the molecule is O=C(C[C@@H]1CN(C(=O)CC2CC2)Cc2ccnn21)NCc1ccco1. The molecule has 7 heteroatoms. The van der Waals surface area contributed by atoms with E-state index >= 15 is 0 Å². The highest BCUT2D eigenvalue weighted by molar-refractivity contribution is 5.78. The first-order valence-corrected chi connectivity index (χ1v) is 8.78. The fraction of sp³-hybridized carbons (Fsp3) is 0.500. The van der Waals surface area contributed by atoms with Crippen molar-refractivity contribution in [3.05, 3.63) is 42.1 Å². The summed E-state index contributed by atoms with van der Waals surface area (Å²) in [4.78, 5) is 26.7. The fourth-order valence-corrected chi connectivity index (χ4v) is 3.31. The third-order valence-corrected chi connectivity index (χ3v) is 4.86. The van der Waals surface area contributed by atoms with E-state index in [0.717, 1.165) is 24.3 Å². The van der Waals surface area contributed by atoms with Crippen LogP contribution in [0.15, 0.2) is 35.1 Å². The molecule has 1 N–H and O–H groups in total. The minimum atomic E-state index is -0.126. The van der Waals surface area contributed by atoms with E-state index in [0.29, 0.717) is 38.4 Å². The second kappa shape index (κ2) is 6.74. The van der Waals surface area contributed by atoms with Crippen molar-refractivity contribution >= 4 is 11.8 Å². The van der Waals surface area contributed by atoms with Gasteiger partial charge in [-0.05, 0) is 37.0 Å².